The standard InChI is InChI=1S/C22H28O5/c1-14-12-16(22(2,3)4)9-11-17(14)27-19(23)13-15-8-10-18(24-5)21(26-7)20(15)25-6/h8-12H,13H2,1-7H3. The minimum absolute atomic E-state index is 0.0420. The summed E-state index contributed by atoms with van der Waals surface area (Å²) in [6.07, 6.45) is 0.0595. The predicted octanol–water partition coefficient (Wildman–Crippen LogP) is 4.47. The summed E-state index contributed by atoms with van der Waals surface area (Å²) in [4.78, 5) is 12.5. The van der Waals surface area contributed by atoms with Crippen molar-refractivity contribution in [3.05, 3.63) is 47.0 Å². The van der Waals surface area contributed by atoms with Gasteiger partial charge in [0.25, 0.3) is 0 Å². The molecule has 2 aromatic rings. The molecule has 146 valence electrons. The van der Waals surface area contributed by atoms with Crippen LogP contribution in [0.25, 0.3) is 0 Å². The highest BCUT2D eigenvalue weighted by Crippen LogP contribution is 2.40. The third-order valence-corrected chi connectivity index (χ3v) is 4.39. The molecule has 0 amide bonds. The van der Waals surface area contributed by atoms with Gasteiger partial charge in [0, 0.05) is 5.56 Å². The molecule has 0 bridgehead atoms. The summed E-state index contributed by atoms with van der Waals surface area (Å²) in [6.45, 7) is 8.39. The Morgan fingerprint density at radius 3 is 2.04 bits per heavy atom. The highest BCUT2D eigenvalue weighted by atomic mass is 16.5. The second kappa shape index (κ2) is 8.33. The van der Waals surface area contributed by atoms with Crippen molar-refractivity contribution in [1.82, 2.24) is 0 Å². The molecule has 0 aliphatic heterocycles. The molecule has 5 nitrogen and oxygen atoms in total. The van der Waals surface area contributed by atoms with Crippen LogP contribution >= 0.6 is 0 Å². The topological polar surface area (TPSA) is 54.0 Å². The van der Waals surface area contributed by atoms with Gasteiger partial charge in [-0.2, -0.15) is 0 Å². The van der Waals surface area contributed by atoms with E-state index in [1.54, 1.807) is 19.2 Å². The fraction of sp³-hybridized carbons (Fsp3) is 0.409. The zero-order valence-electron chi connectivity index (χ0n) is 17.1. The monoisotopic (exact) mass is 372 g/mol. The third-order valence-electron chi connectivity index (χ3n) is 4.39. The first-order valence-electron chi connectivity index (χ1n) is 8.81. The van der Waals surface area contributed by atoms with Crippen LogP contribution in [-0.2, 0) is 16.6 Å². The molecule has 0 radical (unpaired) electrons. The van der Waals surface area contributed by atoms with E-state index < -0.39 is 0 Å². The van der Waals surface area contributed by atoms with E-state index in [2.05, 4.69) is 26.8 Å². The number of rotatable bonds is 6. The maximum Gasteiger partial charge on any atom is 0.315 e. The first-order chi connectivity index (χ1) is 12.7. The Labute approximate surface area is 161 Å². The average molecular weight is 372 g/mol. The predicted molar refractivity (Wildman–Crippen MR) is 105 cm³/mol. The molecule has 0 aliphatic carbocycles. The van der Waals surface area contributed by atoms with E-state index in [-0.39, 0.29) is 17.8 Å². The molecule has 0 atom stereocenters. The Bertz CT molecular complexity index is 818. The van der Waals surface area contributed by atoms with Crippen molar-refractivity contribution >= 4 is 5.97 Å². The van der Waals surface area contributed by atoms with E-state index in [1.165, 1.54) is 19.8 Å². The molecule has 0 aliphatic rings. The molecule has 2 rings (SSSR count). The van der Waals surface area contributed by atoms with Gasteiger partial charge in [0.2, 0.25) is 5.75 Å². The highest BCUT2D eigenvalue weighted by Gasteiger charge is 2.20. The van der Waals surface area contributed by atoms with Gasteiger partial charge in [-0.05, 0) is 35.6 Å². The summed E-state index contributed by atoms with van der Waals surface area (Å²) >= 11 is 0. The molecule has 5 heteroatoms. The fourth-order valence-electron chi connectivity index (χ4n) is 2.85. The largest absolute Gasteiger partial charge is 0.493 e. The maximum absolute atomic E-state index is 12.5. The number of hydrogen-bond acceptors (Lipinski definition) is 5. The number of methoxy groups -OCH3 is 3. The number of carbonyl (C=O) groups is 1. The lowest BCUT2D eigenvalue weighted by atomic mass is 9.86. The van der Waals surface area contributed by atoms with Crippen LogP contribution in [0.4, 0.5) is 0 Å². The Balaban J connectivity index is 2.21. The number of benzene rings is 2. The molecular formula is C22H28O5. The molecule has 0 N–H and O–H groups in total. The Morgan fingerprint density at radius 1 is 0.889 bits per heavy atom. The molecule has 0 saturated heterocycles. The van der Waals surface area contributed by atoms with E-state index in [4.69, 9.17) is 18.9 Å². The van der Waals surface area contributed by atoms with Gasteiger partial charge in [-0.3, -0.25) is 4.79 Å². The van der Waals surface area contributed by atoms with Gasteiger partial charge in [0.15, 0.2) is 11.5 Å². The maximum atomic E-state index is 12.5. The minimum Gasteiger partial charge on any atom is -0.493 e. The summed E-state index contributed by atoms with van der Waals surface area (Å²) in [5, 5.41) is 0. The normalized spacial score (nSPS) is 11.1. The van der Waals surface area contributed by atoms with E-state index in [0.29, 0.717) is 28.6 Å². The quantitative estimate of drug-likeness (QED) is 0.553. The van der Waals surface area contributed by atoms with Crippen LogP contribution < -0.4 is 18.9 Å². The van der Waals surface area contributed by atoms with E-state index >= 15 is 0 Å². The van der Waals surface area contributed by atoms with Crippen molar-refractivity contribution in [3.8, 4) is 23.0 Å². The van der Waals surface area contributed by atoms with Crippen LogP contribution in [0.1, 0.15) is 37.5 Å². The summed E-state index contributed by atoms with van der Waals surface area (Å²) < 4.78 is 21.6. The SMILES string of the molecule is COc1ccc(CC(=O)Oc2ccc(C(C)(C)C)cc2C)c(OC)c1OC. The smallest absolute Gasteiger partial charge is 0.315 e. The Hall–Kier alpha value is -2.69. The van der Waals surface area contributed by atoms with Crippen molar-refractivity contribution in [2.75, 3.05) is 21.3 Å². The first-order valence-corrected chi connectivity index (χ1v) is 8.81. The third kappa shape index (κ3) is 4.73. The van der Waals surface area contributed by atoms with Crippen LogP contribution in [-0.4, -0.2) is 27.3 Å². The molecule has 27 heavy (non-hydrogen) atoms. The van der Waals surface area contributed by atoms with E-state index in [9.17, 15) is 4.79 Å². The zero-order valence-corrected chi connectivity index (χ0v) is 17.1. The number of hydrogen-bond donors (Lipinski definition) is 0. The second-order valence-corrected chi connectivity index (χ2v) is 7.37. The lowest BCUT2D eigenvalue weighted by Gasteiger charge is -2.20. The zero-order chi connectivity index (χ0) is 20.2. The highest BCUT2D eigenvalue weighted by molar-refractivity contribution is 5.77. The van der Waals surface area contributed by atoms with Crippen LogP contribution in [0.3, 0.4) is 0 Å². The number of carbonyl (C=O) groups excluding carboxylic acids is 1. The minimum atomic E-state index is -0.368. The van der Waals surface area contributed by atoms with Gasteiger partial charge < -0.3 is 18.9 Å². The van der Waals surface area contributed by atoms with Crippen molar-refractivity contribution in [1.29, 1.82) is 0 Å². The molecule has 0 heterocycles. The molecule has 0 aromatic heterocycles. The van der Waals surface area contributed by atoms with Crippen molar-refractivity contribution in [2.24, 2.45) is 0 Å². The molecule has 0 saturated carbocycles. The van der Waals surface area contributed by atoms with Crippen LogP contribution in [0.2, 0.25) is 0 Å². The molecule has 0 fully saturated rings. The van der Waals surface area contributed by atoms with Crippen molar-refractivity contribution in [3.63, 3.8) is 0 Å². The van der Waals surface area contributed by atoms with Gasteiger partial charge in [-0.1, -0.05) is 39.0 Å². The van der Waals surface area contributed by atoms with Crippen LogP contribution in [0.5, 0.6) is 23.0 Å². The van der Waals surface area contributed by atoms with Gasteiger partial charge in [-0.15, -0.1) is 0 Å². The molecule has 0 spiro atoms. The second-order valence-electron chi connectivity index (χ2n) is 7.37. The van der Waals surface area contributed by atoms with Crippen molar-refractivity contribution < 1.29 is 23.7 Å². The lowest BCUT2D eigenvalue weighted by molar-refractivity contribution is -0.133. The number of esters is 1. The van der Waals surface area contributed by atoms with E-state index in [0.717, 1.165) is 5.56 Å². The Kier molecular flexibility index (Phi) is 6.37. The summed E-state index contributed by atoms with van der Waals surface area (Å²) in [6, 6.07) is 9.41. The summed E-state index contributed by atoms with van der Waals surface area (Å²) in [5.41, 5.74) is 2.83. The Morgan fingerprint density at radius 2 is 1.52 bits per heavy atom. The van der Waals surface area contributed by atoms with Gasteiger partial charge in [0.05, 0.1) is 27.8 Å². The van der Waals surface area contributed by atoms with E-state index in [1.807, 2.05) is 19.1 Å². The number of ether oxygens (including phenoxy) is 4. The van der Waals surface area contributed by atoms with Crippen LogP contribution in [0, 0.1) is 6.92 Å². The molecule has 0 unspecified atom stereocenters. The first kappa shape index (κ1) is 20.6. The molecular weight excluding hydrogens is 344 g/mol. The lowest BCUT2D eigenvalue weighted by Crippen LogP contribution is -2.14. The number of aryl methyl sites for hydroxylation is 1. The van der Waals surface area contributed by atoms with Gasteiger partial charge >= 0.3 is 5.97 Å². The van der Waals surface area contributed by atoms with Gasteiger partial charge in [-0.25, -0.2) is 0 Å². The fourth-order valence-corrected chi connectivity index (χ4v) is 2.85. The average Bonchev–Trinajstić information content (AvgIpc) is 2.61. The van der Waals surface area contributed by atoms with Crippen LogP contribution in [0.15, 0.2) is 30.3 Å². The summed E-state index contributed by atoms with van der Waals surface area (Å²) in [5.74, 6) is 1.66. The summed E-state index contributed by atoms with van der Waals surface area (Å²) in [7, 11) is 4.61. The van der Waals surface area contributed by atoms with Gasteiger partial charge in [0.1, 0.15) is 5.75 Å². The van der Waals surface area contributed by atoms with Crippen molar-refractivity contribution in [2.45, 2.75) is 39.5 Å². The molecule has 2 aromatic carbocycles.